The molecule has 0 radical (unpaired) electrons. The van der Waals surface area contributed by atoms with Gasteiger partial charge in [0.25, 0.3) is 0 Å². The number of hydrogen-bond acceptors (Lipinski definition) is 1. The Balaban J connectivity index is 3.07. The van der Waals surface area contributed by atoms with Gasteiger partial charge in [-0.3, -0.25) is 0 Å². The molecule has 0 heterocycles. The fraction of sp³-hybridized carbons (Fsp3) is 0. The second-order valence-electron chi connectivity index (χ2n) is 2.47. The Labute approximate surface area is 83.4 Å². The summed E-state index contributed by atoms with van der Waals surface area (Å²) in [5.41, 5.74) is 0.191. The van der Waals surface area contributed by atoms with E-state index in [1.807, 2.05) is 0 Å². The monoisotopic (exact) mass is 218 g/mol. The third kappa shape index (κ3) is 2.53. The number of rotatable bonds is 2. The molecule has 0 atom stereocenters. The quantitative estimate of drug-likeness (QED) is 0.612. The van der Waals surface area contributed by atoms with Crippen LogP contribution in [0.25, 0.3) is 6.08 Å². The molecule has 1 aromatic rings. The molecule has 14 heavy (non-hydrogen) atoms. The fourth-order valence-corrected chi connectivity index (χ4v) is 1.06. The largest absolute Gasteiger partial charge is 0.478 e. The van der Waals surface area contributed by atoms with Gasteiger partial charge in [0.15, 0.2) is 11.6 Å². The Hall–Kier alpha value is -1.42. The summed E-state index contributed by atoms with van der Waals surface area (Å²) in [4.78, 5) is 10.1. The predicted molar refractivity (Wildman–Crippen MR) is 48.0 cm³/mol. The highest BCUT2D eigenvalue weighted by Gasteiger charge is 2.07. The van der Waals surface area contributed by atoms with E-state index in [0.717, 1.165) is 24.3 Å². The minimum absolute atomic E-state index is 0.191. The standard InChI is InChI=1S/C9H5ClF2O2/c10-6-3-5(1-2-8(13)14)4-7(11)9(6)12/h1-4H,(H,13,14)/b2-1+. The van der Waals surface area contributed by atoms with Crippen molar-refractivity contribution in [2.45, 2.75) is 0 Å². The van der Waals surface area contributed by atoms with Crippen LogP contribution in [0.1, 0.15) is 5.56 Å². The summed E-state index contributed by atoms with van der Waals surface area (Å²) >= 11 is 5.34. The summed E-state index contributed by atoms with van der Waals surface area (Å²) in [6.45, 7) is 0. The first-order chi connectivity index (χ1) is 6.50. The molecule has 2 nitrogen and oxygen atoms in total. The number of hydrogen-bond donors (Lipinski definition) is 1. The Morgan fingerprint density at radius 3 is 2.57 bits per heavy atom. The van der Waals surface area contributed by atoms with E-state index in [1.54, 1.807) is 0 Å². The molecule has 1 rings (SSSR count). The van der Waals surface area contributed by atoms with Gasteiger partial charge in [0, 0.05) is 6.08 Å². The number of benzene rings is 1. The van der Waals surface area contributed by atoms with Crippen LogP contribution in [-0.2, 0) is 4.79 Å². The number of carboxylic acid groups (broad SMARTS) is 1. The van der Waals surface area contributed by atoms with E-state index in [0.29, 0.717) is 0 Å². The molecule has 1 aromatic carbocycles. The van der Waals surface area contributed by atoms with Gasteiger partial charge in [0.2, 0.25) is 0 Å². The second kappa shape index (κ2) is 4.19. The minimum Gasteiger partial charge on any atom is -0.478 e. The van der Waals surface area contributed by atoms with Crippen molar-refractivity contribution in [2.24, 2.45) is 0 Å². The molecular formula is C9H5ClF2O2. The Kier molecular flexibility index (Phi) is 3.19. The molecule has 0 bridgehead atoms. The van der Waals surface area contributed by atoms with Crippen molar-refractivity contribution in [1.29, 1.82) is 0 Å². The van der Waals surface area contributed by atoms with Crippen molar-refractivity contribution in [3.63, 3.8) is 0 Å². The van der Waals surface area contributed by atoms with Gasteiger partial charge in [-0.1, -0.05) is 11.6 Å². The second-order valence-corrected chi connectivity index (χ2v) is 2.88. The maximum absolute atomic E-state index is 12.7. The Morgan fingerprint density at radius 2 is 2.07 bits per heavy atom. The molecule has 0 aromatic heterocycles. The van der Waals surface area contributed by atoms with E-state index in [9.17, 15) is 13.6 Å². The molecule has 5 heteroatoms. The smallest absolute Gasteiger partial charge is 0.328 e. The maximum atomic E-state index is 12.7. The van der Waals surface area contributed by atoms with Crippen LogP contribution in [0.5, 0.6) is 0 Å². The molecule has 74 valence electrons. The van der Waals surface area contributed by atoms with Crippen LogP contribution in [-0.4, -0.2) is 11.1 Å². The van der Waals surface area contributed by atoms with E-state index in [-0.39, 0.29) is 10.6 Å². The number of halogens is 3. The normalized spacial score (nSPS) is 10.8. The van der Waals surface area contributed by atoms with Crippen LogP contribution in [0, 0.1) is 11.6 Å². The maximum Gasteiger partial charge on any atom is 0.328 e. The van der Waals surface area contributed by atoms with Gasteiger partial charge in [-0.05, 0) is 23.8 Å². The number of carbonyl (C=O) groups is 1. The summed E-state index contributed by atoms with van der Waals surface area (Å²) in [6, 6.07) is 2.00. The van der Waals surface area contributed by atoms with Crippen LogP contribution < -0.4 is 0 Å². The molecule has 0 aliphatic carbocycles. The lowest BCUT2D eigenvalue weighted by atomic mass is 10.2. The van der Waals surface area contributed by atoms with Crippen LogP contribution >= 0.6 is 11.6 Å². The van der Waals surface area contributed by atoms with E-state index in [1.165, 1.54) is 0 Å². The molecule has 0 saturated heterocycles. The van der Waals surface area contributed by atoms with Crippen molar-refractivity contribution in [3.8, 4) is 0 Å². The summed E-state index contributed by atoms with van der Waals surface area (Å²) in [5, 5.41) is 7.90. The van der Waals surface area contributed by atoms with Crippen LogP contribution in [0.4, 0.5) is 8.78 Å². The van der Waals surface area contributed by atoms with Crippen LogP contribution in [0.15, 0.2) is 18.2 Å². The molecular weight excluding hydrogens is 214 g/mol. The van der Waals surface area contributed by atoms with Crippen molar-refractivity contribution >= 4 is 23.6 Å². The third-order valence-corrected chi connectivity index (χ3v) is 1.70. The Bertz CT molecular complexity index is 379. The van der Waals surface area contributed by atoms with Gasteiger partial charge in [-0.15, -0.1) is 0 Å². The van der Waals surface area contributed by atoms with Crippen molar-refractivity contribution in [1.82, 2.24) is 0 Å². The van der Waals surface area contributed by atoms with Gasteiger partial charge < -0.3 is 5.11 Å². The van der Waals surface area contributed by atoms with E-state index in [2.05, 4.69) is 0 Å². The highest BCUT2D eigenvalue weighted by molar-refractivity contribution is 6.30. The average Bonchev–Trinajstić information content (AvgIpc) is 2.10. The summed E-state index contributed by atoms with van der Waals surface area (Å²) in [7, 11) is 0. The molecule has 0 saturated carbocycles. The first kappa shape index (κ1) is 10.7. The molecule has 0 spiro atoms. The lowest BCUT2D eigenvalue weighted by Gasteiger charge is -1.98. The SMILES string of the molecule is O=C(O)/C=C/c1cc(F)c(F)c(Cl)c1. The zero-order valence-corrected chi connectivity index (χ0v) is 7.55. The van der Waals surface area contributed by atoms with E-state index < -0.39 is 17.6 Å². The van der Waals surface area contributed by atoms with Crippen molar-refractivity contribution in [3.05, 3.63) is 40.4 Å². The summed E-state index contributed by atoms with van der Waals surface area (Å²) in [5.74, 6) is -3.42. The summed E-state index contributed by atoms with van der Waals surface area (Å²) in [6.07, 6.45) is 1.93. The van der Waals surface area contributed by atoms with E-state index in [4.69, 9.17) is 16.7 Å². The van der Waals surface area contributed by atoms with Gasteiger partial charge in [-0.25, -0.2) is 13.6 Å². The van der Waals surface area contributed by atoms with Gasteiger partial charge in [-0.2, -0.15) is 0 Å². The fourth-order valence-electron chi connectivity index (χ4n) is 0.839. The topological polar surface area (TPSA) is 37.3 Å². The average molecular weight is 219 g/mol. The van der Waals surface area contributed by atoms with Gasteiger partial charge in [0.05, 0.1) is 5.02 Å². The van der Waals surface area contributed by atoms with Gasteiger partial charge >= 0.3 is 5.97 Å². The lowest BCUT2D eigenvalue weighted by molar-refractivity contribution is -0.131. The molecule has 0 fully saturated rings. The zero-order chi connectivity index (χ0) is 10.7. The Morgan fingerprint density at radius 1 is 1.43 bits per heavy atom. The van der Waals surface area contributed by atoms with Crippen LogP contribution in [0.2, 0.25) is 5.02 Å². The highest BCUT2D eigenvalue weighted by Crippen LogP contribution is 2.20. The third-order valence-electron chi connectivity index (χ3n) is 1.42. The minimum atomic E-state index is -1.18. The molecule has 0 amide bonds. The molecule has 0 unspecified atom stereocenters. The summed E-state index contributed by atoms with van der Waals surface area (Å²) < 4.78 is 25.4. The van der Waals surface area contributed by atoms with Crippen LogP contribution in [0.3, 0.4) is 0 Å². The predicted octanol–water partition coefficient (Wildman–Crippen LogP) is 2.72. The molecule has 0 aliphatic heterocycles. The van der Waals surface area contributed by atoms with Crippen molar-refractivity contribution < 1.29 is 18.7 Å². The molecule has 1 N–H and O–H groups in total. The van der Waals surface area contributed by atoms with E-state index >= 15 is 0 Å². The first-order valence-corrected chi connectivity index (χ1v) is 3.94. The lowest BCUT2D eigenvalue weighted by Crippen LogP contribution is -1.89. The first-order valence-electron chi connectivity index (χ1n) is 3.56. The van der Waals surface area contributed by atoms with Crippen molar-refractivity contribution in [2.75, 3.05) is 0 Å². The molecule has 0 aliphatic rings. The van der Waals surface area contributed by atoms with Gasteiger partial charge in [0.1, 0.15) is 0 Å². The number of aliphatic carboxylic acids is 1. The number of carboxylic acids is 1. The highest BCUT2D eigenvalue weighted by atomic mass is 35.5. The zero-order valence-electron chi connectivity index (χ0n) is 6.80.